The molecule has 0 aliphatic rings. The summed E-state index contributed by atoms with van der Waals surface area (Å²) in [6.07, 6.45) is 1.41. The second-order valence-electron chi connectivity index (χ2n) is 5.35. The number of hydrogen-bond acceptors (Lipinski definition) is 10. The zero-order chi connectivity index (χ0) is 18.7. The molecule has 3 aromatic rings. The van der Waals surface area contributed by atoms with Gasteiger partial charge in [0, 0.05) is 17.3 Å². The minimum absolute atomic E-state index is 0.0115. The van der Waals surface area contributed by atoms with Crippen molar-refractivity contribution >= 4 is 34.9 Å². The van der Waals surface area contributed by atoms with E-state index in [4.69, 9.17) is 14.7 Å². The van der Waals surface area contributed by atoms with Crippen LogP contribution in [0.25, 0.3) is 10.2 Å². The van der Waals surface area contributed by atoms with Crippen LogP contribution in [-0.4, -0.2) is 29.8 Å². The number of para-hydroxylation sites is 1. The molecule has 0 bridgehead atoms. The normalized spacial score (nSPS) is 12.3. The summed E-state index contributed by atoms with van der Waals surface area (Å²) in [4.78, 5) is 35.2. The fourth-order valence-corrected chi connectivity index (χ4v) is 3.33. The smallest absolute Gasteiger partial charge is 0.506 e. The third kappa shape index (κ3) is 4.55. The summed E-state index contributed by atoms with van der Waals surface area (Å²) in [5.74, 6) is -0.0906. The Balaban J connectivity index is 1.80. The third-order valence-electron chi connectivity index (χ3n) is 3.49. The molecule has 11 heteroatoms. The lowest BCUT2D eigenvalue weighted by atomic mass is 10.1. The minimum Gasteiger partial charge on any atom is -0.506 e. The number of rotatable bonds is 6. The quantitative estimate of drug-likeness (QED) is 0.371. The molecule has 0 fully saturated rings. The Labute approximate surface area is 153 Å². The van der Waals surface area contributed by atoms with E-state index in [0.717, 1.165) is 10.2 Å². The lowest BCUT2D eigenvalue weighted by molar-refractivity contribution is 0.152. The van der Waals surface area contributed by atoms with Crippen LogP contribution in [0.2, 0.25) is 0 Å². The van der Waals surface area contributed by atoms with Crippen LogP contribution in [0.1, 0.15) is 16.8 Å². The van der Waals surface area contributed by atoms with Gasteiger partial charge in [0.2, 0.25) is 5.13 Å². The van der Waals surface area contributed by atoms with E-state index in [0.29, 0.717) is 22.0 Å². The fourth-order valence-electron chi connectivity index (χ4n) is 2.21. The monoisotopic (exact) mass is 395 g/mol. The van der Waals surface area contributed by atoms with E-state index in [1.807, 2.05) is 24.3 Å². The number of fused-ring (bicyclic) bond motifs is 1. The zero-order valence-electron chi connectivity index (χ0n) is 13.6. The molecule has 26 heavy (non-hydrogen) atoms. The van der Waals surface area contributed by atoms with E-state index >= 15 is 0 Å². The molecule has 0 saturated heterocycles. The topological polar surface area (TPSA) is 141 Å². The molecule has 0 amide bonds. The molecule has 0 aliphatic carbocycles. The van der Waals surface area contributed by atoms with Crippen molar-refractivity contribution in [3.05, 3.63) is 47.3 Å². The van der Waals surface area contributed by atoms with Crippen LogP contribution >= 0.6 is 19.5 Å². The predicted molar refractivity (Wildman–Crippen MR) is 96.8 cm³/mol. The second kappa shape index (κ2) is 7.67. The van der Waals surface area contributed by atoms with Gasteiger partial charge in [-0.15, -0.1) is 9.64 Å². The van der Waals surface area contributed by atoms with Crippen LogP contribution in [0.15, 0.2) is 40.7 Å². The van der Waals surface area contributed by atoms with Crippen LogP contribution in [0.3, 0.4) is 0 Å². The van der Waals surface area contributed by atoms with Crippen LogP contribution in [-0.2, 0) is 17.7 Å². The molecule has 4 N–H and O–H groups in total. The van der Waals surface area contributed by atoms with Gasteiger partial charge in [-0.1, -0.05) is 23.5 Å². The number of aryl methyl sites for hydroxylation is 1. The first-order valence-corrected chi connectivity index (χ1v) is 9.83. The fraction of sp³-hybridized carbons (Fsp3) is 0.200. The Morgan fingerprint density at radius 1 is 1.23 bits per heavy atom. The van der Waals surface area contributed by atoms with Crippen molar-refractivity contribution in [1.82, 2.24) is 9.97 Å². The molecule has 0 spiro atoms. The first kappa shape index (κ1) is 18.7. The maximum absolute atomic E-state index is 10.2. The Bertz CT molecular complexity index is 924. The van der Waals surface area contributed by atoms with Gasteiger partial charge in [0.05, 0.1) is 22.5 Å². The Morgan fingerprint density at radius 2 is 2.00 bits per heavy atom. The first-order chi connectivity index (χ1) is 12.3. The number of hydrogen-bond donors (Lipinski definition) is 4. The van der Waals surface area contributed by atoms with Gasteiger partial charge in [0.25, 0.3) is 0 Å². The molecule has 3 rings (SSSR count). The molecule has 9 nitrogen and oxygen atoms in total. The molecule has 2 heterocycles. The number of aromatic nitrogens is 2. The van der Waals surface area contributed by atoms with Crippen molar-refractivity contribution in [2.24, 2.45) is 10.2 Å². The molecule has 2 aromatic heterocycles. The van der Waals surface area contributed by atoms with Crippen molar-refractivity contribution in [2.75, 3.05) is 0 Å². The predicted octanol–water partition coefficient (Wildman–Crippen LogP) is 3.16. The van der Waals surface area contributed by atoms with Gasteiger partial charge >= 0.3 is 8.17 Å². The number of thiazole rings is 1. The highest BCUT2D eigenvalue weighted by Gasteiger charge is 2.33. The van der Waals surface area contributed by atoms with Gasteiger partial charge in [-0.2, -0.15) is 19.8 Å². The highest BCUT2D eigenvalue weighted by atomic mass is 32.1. The number of azo groups is 1. The second-order valence-corrected chi connectivity index (χ2v) is 7.64. The van der Waals surface area contributed by atoms with Crippen molar-refractivity contribution in [3.63, 3.8) is 0 Å². The molecular weight excluding hydrogens is 379 g/mol. The van der Waals surface area contributed by atoms with E-state index in [9.17, 15) is 5.11 Å². The molecule has 0 saturated carbocycles. The summed E-state index contributed by atoms with van der Waals surface area (Å²) in [7, 11) is -4.39. The third-order valence-corrected chi connectivity index (χ3v) is 4.89. The van der Waals surface area contributed by atoms with Gasteiger partial charge < -0.3 is 5.11 Å². The molecular formula is C15H16N4O5PS+. The lowest BCUT2D eigenvalue weighted by Gasteiger charge is -2.10. The standard InChI is InChI=1S/C15H15N4O5PS/c1-9-14(20)11(10(6-16-9)8-24-25(21,22)23)7-17-19-15-18-12-4-2-3-5-13(12)26-15/h2-6,21-23H,7-8H2,1H3/p+1. The average molecular weight is 395 g/mol. The van der Waals surface area contributed by atoms with E-state index < -0.39 is 8.17 Å². The van der Waals surface area contributed by atoms with Crippen LogP contribution in [0.5, 0.6) is 5.75 Å². The Hall–Kier alpha value is -2.07. The van der Waals surface area contributed by atoms with Gasteiger partial charge in [-0.25, -0.2) is 4.98 Å². The number of benzene rings is 1. The summed E-state index contributed by atoms with van der Waals surface area (Å²) < 4.78 is 5.59. The number of pyridine rings is 1. The first-order valence-electron chi connectivity index (χ1n) is 7.45. The van der Waals surface area contributed by atoms with Crippen molar-refractivity contribution in [3.8, 4) is 5.75 Å². The Kier molecular flexibility index (Phi) is 5.52. The summed E-state index contributed by atoms with van der Waals surface area (Å²) in [5, 5.41) is 18.8. The van der Waals surface area contributed by atoms with Crippen molar-refractivity contribution in [1.29, 1.82) is 0 Å². The highest BCUT2D eigenvalue weighted by molar-refractivity contribution is 7.53. The molecule has 1 aromatic carbocycles. The van der Waals surface area contributed by atoms with E-state index in [2.05, 4.69) is 24.7 Å². The van der Waals surface area contributed by atoms with Crippen LogP contribution < -0.4 is 0 Å². The van der Waals surface area contributed by atoms with Gasteiger partial charge in [-0.3, -0.25) is 4.98 Å². The van der Waals surface area contributed by atoms with Crippen LogP contribution in [0, 0.1) is 6.92 Å². The number of aromatic hydroxyl groups is 1. The maximum atomic E-state index is 10.2. The van der Waals surface area contributed by atoms with Gasteiger partial charge in [-0.05, 0) is 19.1 Å². The largest absolute Gasteiger partial charge is 0.567 e. The number of nitrogens with zero attached hydrogens (tertiary/aromatic N) is 4. The van der Waals surface area contributed by atoms with Crippen LogP contribution in [0.4, 0.5) is 5.13 Å². The summed E-state index contributed by atoms with van der Waals surface area (Å²) in [6.45, 7) is 1.29. The lowest BCUT2D eigenvalue weighted by Crippen LogP contribution is -2.02. The molecule has 0 aliphatic heterocycles. The summed E-state index contributed by atoms with van der Waals surface area (Å²) in [6, 6.07) is 7.62. The minimum atomic E-state index is -4.39. The summed E-state index contributed by atoms with van der Waals surface area (Å²) in [5.41, 5.74) is 1.95. The zero-order valence-corrected chi connectivity index (χ0v) is 15.4. The van der Waals surface area contributed by atoms with E-state index in [1.165, 1.54) is 17.5 Å². The average Bonchev–Trinajstić information content (AvgIpc) is 2.99. The van der Waals surface area contributed by atoms with E-state index in [-0.39, 0.29) is 18.9 Å². The highest BCUT2D eigenvalue weighted by Crippen LogP contribution is 2.46. The van der Waals surface area contributed by atoms with Crippen molar-refractivity contribution in [2.45, 2.75) is 20.1 Å². The van der Waals surface area contributed by atoms with E-state index in [1.54, 1.807) is 6.92 Å². The van der Waals surface area contributed by atoms with Crippen molar-refractivity contribution < 1.29 is 24.3 Å². The Morgan fingerprint density at radius 3 is 2.73 bits per heavy atom. The summed E-state index contributed by atoms with van der Waals surface area (Å²) >= 11 is 1.39. The SMILES string of the molecule is Cc1ncc(CO[P+](O)(O)O)c(CN=Nc2nc3ccccc3s2)c1O. The maximum Gasteiger partial charge on any atom is 0.567 e. The van der Waals surface area contributed by atoms with Gasteiger partial charge in [0.15, 0.2) is 0 Å². The van der Waals surface area contributed by atoms with Gasteiger partial charge in [0.1, 0.15) is 12.4 Å². The molecule has 0 unspecified atom stereocenters. The molecule has 136 valence electrons. The molecule has 0 radical (unpaired) electrons. The molecule has 0 atom stereocenters.